The van der Waals surface area contributed by atoms with Gasteiger partial charge >= 0.3 is 5.69 Å². The lowest BCUT2D eigenvalue weighted by atomic mass is 10.2. The molecule has 20 heteroatoms. The first-order chi connectivity index (χ1) is 20.2. The second kappa shape index (κ2) is 16.3. The number of nitro groups is 4. The number of halogens is 2. The SMILES string of the molecule is NC(=O)c1cc[n+](-c2ccc([N+](=O)[O-])cc2[N+](=O)[O-])cc1.NC(=O)c1ccncc1.O=[N+]([O-])c1ccc(Cl)c([N+](=O)[O-])c1.[Cl-]. The number of hydrogen-bond donors (Lipinski definition) is 2. The second-order valence-electron chi connectivity index (χ2n) is 7.80. The standard InChI is InChI=1S/C12H8N4O5.C6H3ClN2O4.C6H6N2O.ClH/c13-12(17)8-3-5-14(6-4-8)10-2-1-9(15(18)19)7-11(10)16(20)21;7-5-2-1-4(8(10)11)3-6(5)9(12)13;7-6(9)5-1-3-8-4-2-5;/h1-7H,(H-,13,17);1-3H;1-4H,(H2,7,9);1H. The summed E-state index contributed by atoms with van der Waals surface area (Å²) in [6.45, 7) is 0. The average molecular weight is 649 g/mol. The maximum atomic E-state index is 11.0. The summed E-state index contributed by atoms with van der Waals surface area (Å²) in [6.07, 6.45) is 5.88. The first kappa shape index (κ1) is 35.9. The van der Waals surface area contributed by atoms with Gasteiger partial charge in [0.05, 0.1) is 31.3 Å². The number of amides is 2. The van der Waals surface area contributed by atoms with Crippen molar-refractivity contribution in [3.8, 4) is 5.69 Å². The Balaban J connectivity index is 0.000000359. The Labute approximate surface area is 256 Å². The van der Waals surface area contributed by atoms with Gasteiger partial charge in [-0.1, -0.05) is 11.6 Å². The number of primary amides is 2. The number of hydrogen-bond acceptors (Lipinski definition) is 11. The van der Waals surface area contributed by atoms with E-state index in [2.05, 4.69) is 4.98 Å². The molecule has 0 spiro atoms. The Morgan fingerprint density at radius 2 is 1.09 bits per heavy atom. The lowest BCUT2D eigenvalue weighted by molar-refractivity contribution is -0.601. The molecular weight excluding hydrogens is 631 g/mol. The Bertz CT molecular complexity index is 1710. The highest BCUT2D eigenvalue weighted by Gasteiger charge is 2.26. The fourth-order valence-corrected chi connectivity index (χ4v) is 3.20. The smallest absolute Gasteiger partial charge is 0.347 e. The quantitative estimate of drug-likeness (QED) is 0.155. The van der Waals surface area contributed by atoms with Crippen LogP contribution in [0.3, 0.4) is 0 Å². The van der Waals surface area contributed by atoms with E-state index in [-0.39, 0.29) is 40.1 Å². The van der Waals surface area contributed by atoms with Crippen LogP contribution in [-0.4, -0.2) is 36.5 Å². The van der Waals surface area contributed by atoms with E-state index < -0.39 is 42.9 Å². The van der Waals surface area contributed by atoms with Crippen LogP contribution >= 0.6 is 11.6 Å². The number of nitrogens with zero attached hydrogens (tertiary/aromatic N) is 6. The summed E-state index contributed by atoms with van der Waals surface area (Å²) in [5.74, 6) is -1.04. The Morgan fingerprint density at radius 3 is 1.50 bits per heavy atom. The Morgan fingerprint density at radius 1 is 0.659 bits per heavy atom. The average Bonchev–Trinajstić information content (AvgIpc) is 2.98. The zero-order chi connectivity index (χ0) is 32.3. The monoisotopic (exact) mass is 648 g/mol. The third kappa shape index (κ3) is 10.0. The summed E-state index contributed by atoms with van der Waals surface area (Å²) in [5, 5.41) is 42.1. The van der Waals surface area contributed by atoms with Gasteiger partial charge in [0.25, 0.3) is 22.7 Å². The Kier molecular flexibility index (Phi) is 13.3. The van der Waals surface area contributed by atoms with E-state index in [1.807, 2.05) is 0 Å². The molecular formula is C24H18Cl2N8O10. The van der Waals surface area contributed by atoms with E-state index in [9.17, 15) is 50.0 Å². The van der Waals surface area contributed by atoms with Gasteiger partial charge in [0.1, 0.15) is 11.1 Å². The molecule has 4 aromatic rings. The van der Waals surface area contributed by atoms with Crippen molar-refractivity contribution in [1.82, 2.24) is 4.98 Å². The number of nitrogens with two attached hydrogens (primary N) is 2. The van der Waals surface area contributed by atoms with Crippen LogP contribution in [0.15, 0.2) is 85.5 Å². The van der Waals surface area contributed by atoms with E-state index in [1.54, 1.807) is 12.1 Å². The highest BCUT2D eigenvalue weighted by molar-refractivity contribution is 6.32. The molecule has 44 heavy (non-hydrogen) atoms. The number of nitro benzene ring substituents is 4. The molecule has 0 aliphatic rings. The van der Waals surface area contributed by atoms with Gasteiger partial charge < -0.3 is 23.9 Å². The van der Waals surface area contributed by atoms with Gasteiger partial charge in [0, 0.05) is 48.3 Å². The lowest BCUT2D eigenvalue weighted by Gasteiger charge is -1.99. The van der Waals surface area contributed by atoms with Crippen molar-refractivity contribution in [2.75, 3.05) is 0 Å². The summed E-state index contributed by atoms with van der Waals surface area (Å²) < 4.78 is 1.37. The van der Waals surface area contributed by atoms with E-state index in [4.69, 9.17) is 23.1 Å². The van der Waals surface area contributed by atoms with E-state index >= 15 is 0 Å². The van der Waals surface area contributed by atoms with Crippen LogP contribution in [-0.2, 0) is 0 Å². The zero-order valence-corrected chi connectivity index (χ0v) is 23.3. The van der Waals surface area contributed by atoms with Crippen molar-refractivity contribution in [2.45, 2.75) is 0 Å². The van der Waals surface area contributed by atoms with Crippen LogP contribution in [0, 0.1) is 40.5 Å². The molecule has 2 amide bonds. The summed E-state index contributed by atoms with van der Waals surface area (Å²) in [4.78, 5) is 64.4. The minimum absolute atomic E-state index is 0. The van der Waals surface area contributed by atoms with Crippen LogP contribution in [0.2, 0.25) is 5.02 Å². The molecule has 4 N–H and O–H groups in total. The molecule has 228 valence electrons. The van der Waals surface area contributed by atoms with Crippen molar-refractivity contribution in [3.05, 3.63) is 142 Å². The molecule has 0 bridgehead atoms. The summed E-state index contributed by atoms with van der Waals surface area (Å²) in [7, 11) is 0. The van der Waals surface area contributed by atoms with Gasteiger partial charge in [-0.3, -0.25) is 55.0 Å². The van der Waals surface area contributed by atoms with Crippen molar-refractivity contribution in [1.29, 1.82) is 0 Å². The third-order valence-electron chi connectivity index (χ3n) is 5.06. The minimum Gasteiger partial charge on any atom is -1.00 e. The van der Waals surface area contributed by atoms with E-state index in [1.165, 1.54) is 47.6 Å². The molecule has 18 nitrogen and oxygen atoms in total. The van der Waals surface area contributed by atoms with Crippen molar-refractivity contribution < 1.29 is 46.3 Å². The van der Waals surface area contributed by atoms with Crippen LogP contribution in [0.25, 0.3) is 5.69 Å². The lowest BCUT2D eigenvalue weighted by Crippen LogP contribution is -3.00. The third-order valence-corrected chi connectivity index (χ3v) is 5.38. The maximum Gasteiger partial charge on any atom is 0.347 e. The molecule has 0 radical (unpaired) electrons. The highest BCUT2D eigenvalue weighted by atomic mass is 35.5. The molecule has 0 fully saturated rings. The number of rotatable bonds is 7. The fraction of sp³-hybridized carbons (Fsp3) is 0. The fourth-order valence-electron chi connectivity index (χ4n) is 3.01. The molecule has 0 aliphatic heterocycles. The van der Waals surface area contributed by atoms with Crippen molar-refractivity contribution >= 4 is 46.2 Å². The summed E-state index contributed by atoms with van der Waals surface area (Å²) >= 11 is 5.43. The van der Waals surface area contributed by atoms with Gasteiger partial charge in [-0.25, -0.2) is 0 Å². The molecule has 2 heterocycles. The van der Waals surface area contributed by atoms with Crippen LogP contribution in [0.1, 0.15) is 20.7 Å². The molecule has 0 saturated heterocycles. The number of benzene rings is 2. The van der Waals surface area contributed by atoms with Gasteiger partial charge in [0.2, 0.25) is 11.8 Å². The molecule has 2 aromatic carbocycles. The van der Waals surface area contributed by atoms with Gasteiger partial charge in [0.15, 0.2) is 12.4 Å². The summed E-state index contributed by atoms with van der Waals surface area (Å²) in [5.41, 5.74) is 9.32. The van der Waals surface area contributed by atoms with Gasteiger partial charge in [-0.2, -0.15) is 4.57 Å². The molecule has 0 aliphatic carbocycles. The number of aromatic nitrogens is 2. The molecule has 0 atom stereocenters. The van der Waals surface area contributed by atoms with Crippen LogP contribution in [0.5, 0.6) is 0 Å². The number of carbonyl (C=O) groups is 2. The van der Waals surface area contributed by atoms with Gasteiger partial charge in [-0.05, 0) is 18.2 Å². The zero-order valence-electron chi connectivity index (χ0n) is 21.8. The largest absolute Gasteiger partial charge is 1.00 e. The molecule has 4 rings (SSSR count). The van der Waals surface area contributed by atoms with Crippen molar-refractivity contribution in [3.63, 3.8) is 0 Å². The normalized spacial score (nSPS) is 9.48. The van der Waals surface area contributed by atoms with Crippen LogP contribution in [0.4, 0.5) is 22.7 Å². The van der Waals surface area contributed by atoms with E-state index in [0.29, 0.717) is 5.56 Å². The molecule has 0 saturated carbocycles. The predicted octanol–water partition coefficient (Wildman–Crippen LogP) is 0.220. The first-order valence-electron chi connectivity index (χ1n) is 11.3. The number of non-ortho nitro benzene ring substituents is 2. The first-order valence-corrected chi connectivity index (χ1v) is 11.6. The van der Waals surface area contributed by atoms with Crippen molar-refractivity contribution in [2.24, 2.45) is 11.5 Å². The van der Waals surface area contributed by atoms with Gasteiger partial charge in [-0.15, -0.1) is 0 Å². The number of pyridine rings is 2. The molecule has 0 unspecified atom stereocenters. The predicted molar refractivity (Wildman–Crippen MR) is 147 cm³/mol. The highest BCUT2D eigenvalue weighted by Crippen LogP contribution is 2.28. The second-order valence-corrected chi connectivity index (χ2v) is 8.20. The number of carbonyl (C=O) groups excluding carboxylic acids is 2. The minimum atomic E-state index is -0.769. The Hall–Kier alpha value is -6.14. The molecule has 2 aromatic heterocycles. The summed E-state index contributed by atoms with van der Waals surface area (Å²) in [6, 6.07) is 12.3. The van der Waals surface area contributed by atoms with E-state index in [0.717, 1.165) is 30.3 Å². The topological polar surface area (TPSA) is 276 Å². The maximum absolute atomic E-state index is 11.0. The van der Waals surface area contributed by atoms with Crippen LogP contribution < -0.4 is 28.4 Å².